The number of amides is 1. The summed E-state index contributed by atoms with van der Waals surface area (Å²) >= 11 is 0. The van der Waals surface area contributed by atoms with Gasteiger partial charge in [-0.2, -0.15) is 5.10 Å². The van der Waals surface area contributed by atoms with Gasteiger partial charge in [0.2, 0.25) is 0 Å². The first-order valence-corrected chi connectivity index (χ1v) is 7.95. The summed E-state index contributed by atoms with van der Waals surface area (Å²) in [6.45, 7) is 3.54. The van der Waals surface area contributed by atoms with E-state index in [-0.39, 0.29) is 11.9 Å². The summed E-state index contributed by atoms with van der Waals surface area (Å²) in [5.74, 6) is 0.0164. The van der Waals surface area contributed by atoms with Crippen LogP contribution in [0.4, 0.5) is 0 Å². The van der Waals surface area contributed by atoms with Gasteiger partial charge in [0.15, 0.2) is 0 Å². The van der Waals surface area contributed by atoms with Gasteiger partial charge in [0.05, 0.1) is 12.6 Å². The molecular formula is C17H19N5O. The van der Waals surface area contributed by atoms with Crippen LogP contribution in [0.25, 0.3) is 5.65 Å². The molecule has 1 fully saturated rings. The minimum Gasteiger partial charge on any atom is -0.332 e. The average molecular weight is 309 g/mol. The van der Waals surface area contributed by atoms with Crippen molar-refractivity contribution in [2.45, 2.75) is 32.4 Å². The van der Waals surface area contributed by atoms with E-state index in [1.54, 1.807) is 6.20 Å². The zero-order valence-electron chi connectivity index (χ0n) is 13.1. The number of carbonyl (C=O) groups is 1. The zero-order chi connectivity index (χ0) is 15.8. The lowest BCUT2D eigenvalue weighted by Crippen LogP contribution is -2.38. The highest BCUT2D eigenvalue weighted by atomic mass is 16.2. The van der Waals surface area contributed by atoms with E-state index in [1.165, 1.54) is 0 Å². The van der Waals surface area contributed by atoms with E-state index in [0.29, 0.717) is 5.69 Å². The Morgan fingerprint density at radius 2 is 2.26 bits per heavy atom. The van der Waals surface area contributed by atoms with Crippen LogP contribution in [0.1, 0.15) is 29.0 Å². The molecule has 0 aromatic carbocycles. The third kappa shape index (κ3) is 2.50. The summed E-state index contributed by atoms with van der Waals surface area (Å²) in [6.07, 6.45) is 7.60. The first kappa shape index (κ1) is 14.0. The lowest BCUT2D eigenvalue weighted by Gasteiger charge is -2.23. The van der Waals surface area contributed by atoms with Gasteiger partial charge in [-0.15, -0.1) is 0 Å². The van der Waals surface area contributed by atoms with Crippen LogP contribution in [-0.2, 0) is 6.54 Å². The van der Waals surface area contributed by atoms with Crippen molar-refractivity contribution in [1.29, 1.82) is 0 Å². The van der Waals surface area contributed by atoms with E-state index in [2.05, 4.69) is 10.1 Å². The number of hydrogen-bond acceptors (Lipinski definition) is 3. The van der Waals surface area contributed by atoms with Crippen molar-refractivity contribution in [3.63, 3.8) is 0 Å². The fourth-order valence-corrected chi connectivity index (χ4v) is 3.32. The molecule has 1 atom stereocenters. The molecule has 3 aromatic heterocycles. The molecule has 4 rings (SSSR count). The molecule has 1 aliphatic heterocycles. The van der Waals surface area contributed by atoms with Crippen molar-refractivity contribution in [2.75, 3.05) is 6.54 Å². The van der Waals surface area contributed by atoms with Crippen LogP contribution in [0.3, 0.4) is 0 Å². The van der Waals surface area contributed by atoms with Gasteiger partial charge < -0.3 is 9.30 Å². The first-order chi connectivity index (χ1) is 11.2. The highest BCUT2D eigenvalue weighted by Gasteiger charge is 2.31. The number of nitrogens with zero attached hydrogens (tertiary/aromatic N) is 5. The summed E-state index contributed by atoms with van der Waals surface area (Å²) in [5.41, 5.74) is 2.41. The fourth-order valence-electron chi connectivity index (χ4n) is 3.32. The number of aryl methyl sites for hydroxylation is 1. The van der Waals surface area contributed by atoms with Crippen molar-refractivity contribution in [2.24, 2.45) is 0 Å². The van der Waals surface area contributed by atoms with Gasteiger partial charge in [-0.1, -0.05) is 6.07 Å². The summed E-state index contributed by atoms with van der Waals surface area (Å²) < 4.78 is 3.86. The Kier molecular flexibility index (Phi) is 3.37. The second-order valence-electron chi connectivity index (χ2n) is 6.04. The maximum Gasteiger partial charge on any atom is 0.274 e. The number of likely N-dealkylation sites (tertiary alicyclic amines) is 1. The largest absolute Gasteiger partial charge is 0.332 e. The van der Waals surface area contributed by atoms with Gasteiger partial charge in [0, 0.05) is 30.8 Å². The smallest absolute Gasteiger partial charge is 0.274 e. The van der Waals surface area contributed by atoms with Crippen molar-refractivity contribution in [3.05, 3.63) is 54.2 Å². The molecule has 0 N–H and O–H groups in total. The first-order valence-electron chi connectivity index (χ1n) is 7.95. The SMILES string of the molecule is Cc1cccc2nc(C(=O)N3CCC[C@H]3Cn3cccn3)cn12. The predicted molar refractivity (Wildman–Crippen MR) is 86.2 cm³/mol. The summed E-state index contributed by atoms with van der Waals surface area (Å²) in [6, 6.07) is 8.00. The second kappa shape index (κ2) is 5.53. The Bertz CT molecular complexity index is 836. The normalized spacial score (nSPS) is 18.0. The van der Waals surface area contributed by atoms with Gasteiger partial charge in [-0.3, -0.25) is 9.48 Å². The van der Waals surface area contributed by atoms with Gasteiger partial charge >= 0.3 is 0 Å². The van der Waals surface area contributed by atoms with Crippen LogP contribution < -0.4 is 0 Å². The molecule has 3 aromatic rings. The third-order valence-corrected chi connectivity index (χ3v) is 4.51. The van der Waals surface area contributed by atoms with Crippen molar-refractivity contribution >= 4 is 11.6 Å². The highest BCUT2D eigenvalue weighted by molar-refractivity contribution is 5.93. The van der Waals surface area contributed by atoms with Crippen molar-refractivity contribution in [1.82, 2.24) is 24.1 Å². The molecule has 0 radical (unpaired) electrons. The number of pyridine rings is 1. The monoisotopic (exact) mass is 309 g/mol. The van der Waals surface area contributed by atoms with Crippen LogP contribution >= 0.6 is 0 Å². The summed E-state index contributed by atoms with van der Waals surface area (Å²) in [7, 11) is 0. The molecule has 1 amide bonds. The molecule has 0 saturated carbocycles. The van der Waals surface area contributed by atoms with Crippen molar-refractivity contribution in [3.8, 4) is 0 Å². The average Bonchev–Trinajstić information content (AvgIpc) is 3.27. The van der Waals surface area contributed by atoms with E-state index in [0.717, 1.165) is 37.3 Å². The topological polar surface area (TPSA) is 55.4 Å². The number of rotatable bonds is 3. The second-order valence-corrected chi connectivity index (χ2v) is 6.04. The zero-order valence-corrected chi connectivity index (χ0v) is 13.1. The fraction of sp³-hybridized carbons (Fsp3) is 0.353. The van der Waals surface area contributed by atoms with Gasteiger partial charge in [-0.25, -0.2) is 4.98 Å². The lowest BCUT2D eigenvalue weighted by molar-refractivity contribution is 0.0716. The molecule has 6 nitrogen and oxygen atoms in total. The minimum atomic E-state index is 0.0164. The molecule has 118 valence electrons. The quantitative estimate of drug-likeness (QED) is 0.745. The maximum absolute atomic E-state index is 12.9. The number of hydrogen-bond donors (Lipinski definition) is 0. The molecule has 0 aliphatic carbocycles. The summed E-state index contributed by atoms with van der Waals surface area (Å²) in [4.78, 5) is 19.3. The minimum absolute atomic E-state index is 0.0164. The standard InChI is InChI=1S/C17H19N5O/c1-13-5-2-7-16-19-15(12-22(13)16)17(23)21-10-3-6-14(21)11-20-9-4-8-18-20/h2,4-5,7-9,12,14H,3,6,10-11H2,1H3/t14-/m0/s1. The Balaban J connectivity index is 1.60. The van der Waals surface area contributed by atoms with Gasteiger partial charge in [-0.05, 0) is 38.0 Å². The van der Waals surface area contributed by atoms with Crippen LogP contribution in [-0.4, -0.2) is 42.6 Å². The molecule has 23 heavy (non-hydrogen) atoms. The van der Waals surface area contributed by atoms with E-state index < -0.39 is 0 Å². The number of imidazole rings is 1. The lowest BCUT2D eigenvalue weighted by atomic mass is 10.2. The summed E-state index contributed by atoms with van der Waals surface area (Å²) in [5, 5.41) is 4.25. The maximum atomic E-state index is 12.9. The van der Waals surface area contributed by atoms with E-state index >= 15 is 0 Å². The van der Waals surface area contributed by atoms with E-state index in [9.17, 15) is 4.79 Å². The molecule has 1 saturated heterocycles. The Labute approximate surface area is 134 Å². The van der Waals surface area contributed by atoms with Crippen LogP contribution in [0, 0.1) is 6.92 Å². The molecule has 0 spiro atoms. The molecule has 4 heterocycles. The molecule has 0 unspecified atom stereocenters. The number of aromatic nitrogens is 4. The molecule has 1 aliphatic rings. The molecular weight excluding hydrogens is 290 g/mol. The van der Waals surface area contributed by atoms with E-state index in [1.807, 2.05) is 57.6 Å². The highest BCUT2D eigenvalue weighted by Crippen LogP contribution is 2.21. The predicted octanol–water partition coefficient (Wildman–Crippen LogP) is 2.14. The van der Waals surface area contributed by atoms with Crippen LogP contribution in [0.15, 0.2) is 42.9 Å². The molecule has 6 heteroatoms. The van der Waals surface area contributed by atoms with Crippen LogP contribution in [0.2, 0.25) is 0 Å². The van der Waals surface area contributed by atoms with Crippen LogP contribution in [0.5, 0.6) is 0 Å². The Morgan fingerprint density at radius 1 is 1.35 bits per heavy atom. The Hall–Kier alpha value is -2.63. The number of fused-ring (bicyclic) bond motifs is 1. The van der Waals surface area contributed by atoms with Gasteiger partial charge in [0.25, 0.3) is 5.91 Å². The van der Waals surface area contributed by atoms with Crippen molar-refractivity contribution < 1.29 is 4.79 Å². The van der Waals surface area contributed by atoms with E-state index in [4.69, 9.17) is 0 Å². The Morgan fingerprint density at radius 3 is 3.04 bits per heavy atom. The molecule has 0 bridgehead atoms. The number of carbonyl (C=O) groups excluding carboxylic acids is 1. The van der Waals surface area contributed by atoms with Gasteiger partial charge in [0.1, 0.15) is 11.3 Å². The third-order valence-electron chi connectivity index (χ3n) is 4.51.